The summed E-state index contributed by atoms with van der Waals surface area (Å²) in [5.74, 6) is 0.488. The molecule has 1 fully saturated rings. The van der Waals surface area contributed by atoms with E-state index in [2.05, 4.69) is 36.5 Å². The van der Waals surface area contributed by atoms with Gasteiger partial charge in [-0.25, -0.2) is 8.42 Å². The predicted octanol–water partition coefficient (Wildman–Crippen LogP) is 4.25. The van der Waals surface area contributed by atoms with Crippen molar-refractivity contribution in [2.45, 2.75) is 58.3 Å². The fraction of sp³-hybridized carbons (Fsp3) is 0.727. The monoisotopic (exact) mass is 410 g/mol. The molecule has 1 N–H and O–H groups in total. The molecule has 0 aliphatic carbocycles. The predicted molar refractivity (Wildman–Crippen MR) is 117 cm³/mol. The summed E-state index contributed by atoms with van der Waals surface area (Å²) in [4.78, 5) is 2.60. The number of sulfonamides is 1. The molecule has 0 spiro atoms. The second-order valence-corrected chi connectivity index (χ2v) is 10.3. The molecule has 160 valence electrons. The number of likely N-dealkylation sites (tertiary alicyclic amines) is 1. The van der Waals surface area contributed by atoms with Crippen molar-refractivity contribution >= 4 is 15.7 Å². The van der Waals surface area contributed by atoms with E-state index in [1.165, 1.54) is 44.9 Å². The molecule has 1 heterocycles. The molecule has 5 nitrogen and oxygen atoms in total. The molecule has 0 saturated carbocycles. The molecule has 28 heavy (non-hydrogen) atoms. The lowest BCUT2D eigenvalue weighted by molar-refractivity contribution is 0.109. The van der Waals surface area contributed by atoms with Crippen molar-refractivity contribution in [1.82, 2.24) is 4.90 Å². The van der Waals surface area contributed by atoms with E-state index in [1.807, 2.05) is 18.2 Å². The second-order valence-electron chi connectivity index (χ2n) is 8.42. The van der Waals surface area contributed by atoms with Crippen molar-refractivity contribution in [1.29, 1.82) is 0 Å². The number of ether oxygens (including phenoxy) is 1. The van der Waals surface area contributed by atoms with Crippen molar-refractivity contribution in [3.63, 3.8) is 0 Å². The van der Waals surface area contributed by atoms with E-state index in [4.69, 9.17) is 4.74 Å². The van der Waals surface area contributed by atoms with Crippen LogP contribution in [-0.4, -0.2) is 52.4 Å². The highest BCUT2D eigenvalue weighted by atomic mass is 32.2. The maximum absolute atomic E-state index is 12.2. The molecule has 1 aliphatic rings. The van der Waals surface area contributed by atoms with E-state index >= 15 is 0 Å². The van der Waals surface area contributed by atoms with Crippen molar-refractivity contribution < 1.29 is 13.2 Å². The maximum Gasteiger partial charge on any atom is 0.234 e. The van der Waals surface area contributed by atoms with E-state index in [0.717, 1.165) is 19.5 Å². The van der Waals surface area contributed by atoms with Gasteiger partial charge in [-0.05, 0) is 55.0 Å². The van der Waals surface area contributed by atoms with Crippen LogP contribution in [0.2, 0.25) is 0 Å². The first-order valence-corrected chi connectivity index (χ1v) is 12.3. The topological polar surface area (TPSA) is 58.6 Å². The number of rotatable bonds is 11. The highest BCUT2D eigenvalue weighted by molar-refractivity contribution is 7.92. The fourth-order valence-electron chi connectivity index (χ4n) is 4.07. The van der Waals surface area contributed by atoms with Gasteiger partial charge in [-0.1, -0.05) is 52.2 Å². The Morgan fingerprint density at radius 1 is 1.29 bits per heavy atom. The Balaban J connectivity index is 2.02. The van der Waals surface area contributed by atoms with Crippen LogP contribution in [-0.2, 0) is 20.2 Å². The Bertz CT molecular complexity index is 707. The van der Waals surface area contributed by atoms with Crippen LogP contribution in [0.15, 0.2) is 24.3 Å². The number of unbranched alkanes of at least 4 members (excludes halogenated alkanes) is 3. The third-order valence-electron chi connectivity index (χ3n) is 6.25. The quantitative estimate of drug-likeness (QED) is 0.554. The molecular formula is C22H38N2O3S. The zero-order valence-corrected chi connectivity index (χ0v) is 18.9. The Kier molecular flexibility index (Phi) is 8.78. The van der Waals surface area contributed by atoms with Gasteiger partial charge < -0.3 is 9.64 Å². The van der Waals surface area contributed by atoms with Crippen molar-refractivity contribution in [3.05, 3.63) is 29.8 Å². The molecule has 1 aromatic carbocycles. The van der Waals surface area contributed by atoms with Crippen molar-refractivity contribution in [2.24, 2.45) is 5.92 Å². The van der Waals surface area contributed by atoms with Gasteiger partial charge in [0.05, 0.1) is 12.4 Å². The summed E-state index contributed by atoms with van der Waals surface area (Å²) < 4.78 is 32.0. The largest absolute Gasteiger partial charge is 0.384 e. The number of benzene rings is 1. The molecule has 0 amide bonds. The Morgan fingerprint density at radius 3 is 2.75 bits per heavy atom. The molecule has 1 saturated heterocycles. The van der Waals surface area contributed by atoms with Crippen LogP contribution in [0.4, 0.5) is 5.69 Å². The molecule has 0 aromatic heterocycles. The highest BCUT2D eigenvalue weighted by Gasteiger charge is 2.37. The minimum Gasteiger partial charge on any atom is -0.384 e. The van der Waals surface area contributed by atoms with Gasteiger partial charge in [-0.3, -0.25) is 4.72 Å². The zero-order valence-electron chi connectivity index (χ0n) is 18.0. The smallest absolute Gasteiger partial charge is 0.234 e. The van der Waals surface area contributed by atoms with Gasteiger partial charge in [-0.15, -0.1) is 0 Å². The lowest BCUT2D eigenvalue weighted by Gasteiger charge is -2.45. The molecular weight excluding hydrogens is 372 g/mol. The van der Waals surface area contributed by atoms with Gasteiger partial charge in [0.1, 0.15) is 0 Å². The summed E-state index contributed by atoms with van der Waals surface area (Å²) in [5.41, 5.74) is 1.93. The lowest BCUT2D eigenvalue weighted by Crippen LogP contribution is -2.47. The van der Waals surface area contributed by atoms with Gasteiger partial charge in [0.15, 0.2) is 0 Å². The summed E-state index contributed by atoms with van der Waals surface area (Å²) in [6.45, 7) is 10.5. The Labute approximate surface area is 171 Å². The van der Waals surface area contributed by atoms with Crippen LogP contribution in [0.1, 0.15) is 58.4 Å². The molecule has 2 rings (SSSR count). The Morgan fingerprint density at radius 2 is 2.07 bits per heavy atom. The number of nitrogens with one attached hydrogen (secondary N) is 1. The third-order valence-corrected chi connectivity index (χ3v) is 7.50. The number of nitrogens with zero attached hydrogens (tertiary/aromatic N) is 1. The molecule has 0 unspecified atom stereocenters. The van der Waals surface area contributed by atoms with E-state index in [9.17, 15) is 8.42 Å². The number of anilines is 1. The lowest BCUT2D eigenvalue weighted by atomic mass is 9.68. The molecule has 6 heteroatoms. The molecule has 0 bridgehead atoms. The van der Waals surface area contributed by atoms with Crippen molar-refractivity contribution in [2.75, 3.05) is 43.8 Å². The Hall–Kier alpha value is -1.11. The second kappa shape index (κ2) is 10.6. The first-order chi connectivity index (χ1) is 13.3. The average Bonchev–Trinajstić information content (AvgIpc) is 2.66. The van der Waals surface area contributed by atoms with Crippen LogP contribution in [0.5, 0.6) is 0 Å². The summed E-state index contributed by atoms with van der Waals surface area (Å²) in [6, 6.07) is 7.93. The van der Waals surface area contributed by atoms with Crippen molar-refractivity contribution in [3.8, 4) is 0 Å². The minimum absolute atomic E-state index is 0.0333. The van der Waals surface area contributed by atoms with Gasteiger partial charge >= 0.3 is 0 Å². The SMILES string of the molecule is CCCCCCN1CC[C@](C)(c2cccc(NS(=O)(=O)CCOC)c2)[C@@H](C)C1. The highest BCUT2D eigenvalue weighted by Crippen LogP contribution is 2.40. The first-order valence-electron chi connectivity index (χ1n) is 10.6. The normalized spacial score (nSPS) is 23.6. The minimum atomic E-state index is -3.38. The van der Waals surface area contributed by atoms with Gasteiger partial charge in [0, 0.05) is 19.3 Å². The number of hydrogen-bond donors (Lipinski definition) is 1. The van der Waals surface area contributed by atoms with Crippen LogP contribution in [0.3, 0.4) is 0 Å². The van der Waals surface area contributed by atoms with Crippen LogP contribution in [0, 0.1) is 5.92 Å². The standard InChI is InChI=1S/C22H38N2O3S/c1-5-6-7-8-13-24-14-12-22(3,19(2)18-24)20-10-9-11-21(17-20)23-28(25,26)16-15-27-4/h9-11,17,19,23H,5-8,12-16,18H2,1-4H3/t19-,22-/m0/s1. The van der Waals surface area contributed by atoms with E-state index < -0.39 is 10.0 Å². The van der Waals surface area contributed by atoms with Gasteiger partial charge in [-0.2, -0.15) is 0 Å². The summed E-state index contributed by atoms with van der Waals surface area (Å²) in [5, 5.41) is 0. The van der Waals surface area contributed by atoms with Crippen LogP contribution < -0.4 is 4.72 Å². The fourth-order valence-corrected chi connectivity index (χ4v) is 5.05. The van der Waals surface area contributed by atoms with Gasteiger partial charge in [0.2, 0.25) is 10.0 Å². The number of hydrogen-bond acceptors (Lipinski definition) is 4. The summed E-state index contributed by atoms with van der Waals surface area (Å²) >= 11 is 0. The maximum atomic E-state index is 12.2. The first kappa shape index (κ1) is 23.2. The van der Waals surface area contributed by atoms with E-state index in [1.54, 1.807) is 0 Å². The van der Waals surface area contributed by atoms with Crippen LogP contribution >= 0.6 is 0 Å². The molecule has 1 aromatic rings. The van der Waals surface area contributed by atoms with Gasteiger partial charge in [0.25, 0.3) is 0 Å². The molecule has 2 atom stereocenters. The third kappa shape index (κ3) is 6.46. The summed E-state index contributed by atoms with van der Waals surface area (Å²) in [6.07, 6.45) is 6.32. The number of piperidine rings is 1. The zero-order chi connectivity index (χ0) is 20.6. The van der Waals surface area contributed by atoms with E-state index in [0.29, 0.717) is 11.6 Å². The molecule has 0 radical (unpaired) electrons. The summed E-state index contributed by atoms with van der Waals surface area (Å²) in [7, 11) is -1.88. The molecule has 1 aliphatic heterocycles. The van der Waals surface area contributed by atoms with E-state index in [-0.39, 0.29) is 17.8 Å². The van der Waals surface area contributed by atoms with Crippen LogP contribution in [0.25, 0.3) is 0 Å². The average molecular weight is 411 g/mol. The number of methoxy groups -OCH3 is 1.